The van der Waals surface area contributed by atoms with Crippen molar-refractivity contribution < 1.29 is 19.4 Å². The molecule has 1 saturated heterocycles. The van der Waals surface area contributed by atoms with E-state index in [1.807, 2.05) is 41.0 Å². The lowest BCUT2D eigenvalue weighted by atomic mass is 10.1. The van der Waals surface area contributed by atoms with Crippen LogP contribution in [0.25, 0.3) is 28.2 Å². The highest BCUT2D eigenvalue weighted by molar-refractivity contribution is 5.96. The molecule has 0 unspecified atom stereocenters. The van der Waals surface area contributed by atoms with Gasteiger partial charge in [-0.05, 0) is 78.6 Å². The van der Waals surface area contributed by atoms with E-state index < -0.39 is 0 Å². The number of nitrogen functional groups attached to an aromatic ring is 1. The second kappa shape index (κ2) is 10.8. The van der Waals surface area contributed by atoms with Crippen LogP contribution in [0.15, 0.2) is 66.9 Å². The van der Waals surface area contributed by atoms with Gasteiger partial charge in [-0.25, -0.2) is 15.0 Å². The van der Waals surface area contributed by atoms with Crippen LogP contribution in [0.5, 0.6) is 5.75 Å². The van der Waals surface area contributed by atoms with Crippen molar-refractivity contribution in [2.45, 2.75) is 18.9 Å². The first kappa shape index (κ1) is 26.6. The number of carbonyl (C=O) groups excluding carboxylic acids is 2. The number of carbonyl (C=O) groups is 2. The molecule has 2 aromatic carbocycles. The highest BCUT2D eigenvalue weighted by Crippen LogP contribution is 2.36. The molecule has 0 bridgehead atoms. The van der Waals surface area contributed by atoms with Crippen molar-refractivity contribution in [1.29, 1.82) is 0 Å². The second-order valence-corrected chi connectivity index (χ2v) is 10.7. The first-order chi connectivity index (χ1) is 21.0. The zero-order valence-electron chi connectivity index (χ0n) is 23.2. The van der Waals surface area contributed by atoms with E-state index in [9.17, 15) is 14.7 Å². The molecule has 0 radical (unpaired) electrons. The minimum atomic E-state index is -0.306. The molecule has 11 nitrogen and oxygen atoms in total. The molecule has 11 heteroatoms. The maximum atomic E-state index is 13.0. The Morgan fingerprint density at radius 2 is 1.93 bits per heavy atom. The van der Waals surface area contributed by atoms with Crippen molar-refractivity contribution in [3.63, 3.8) is 0 Å². The van der Waals surface area contributed by atoms with Crippen LogP contribution in [0, 0.1) is 0 Å². The van der Waals surface area contributed by atoms with Gasteiger partial charge in [0.15, 0.2) is 17.8 Å². The number of imidazole rings is 1. The highest BCUT2D eigenvalue weighted by atomic mass is 16.5. The van der Waals surface area contributed by atoms with E-state index in [-0.39, 0.29) is 23.3 Å². The molecular weight excluding hydrogens is 546 g/mol. The maximum absolute atomic E-state index is 13.0. The van der Waals surface area contributed by atoms with Crippen molar-refractivity contribution in [2.75, 3.05) is 36.9 Å². The van der Waals surface area contributed by atoms with Gasteiger partial charge in [0.25, 0.3) is 5.91 Å². The average molecular weight is 576 g/mol. The zero-order chi connectivity index (χ0) is 29.5. The number of benzene rings is 2. The molecule has 43 heavy (non-hydrogen) atoms. The summed E-state index contributed by atoms with van der Waals surface area (Å²) in [5.41, 5.74) is 11.9. The molecule has 0 spiro atoms. The number of nitrogens with zero attached hydrogens (tertiary/aromatic N) is 5. The standard InChI is InChI=1S/C32H29N7O4/c33-29-24(2-1-11-34-29)30-35-26-8-10-28(38-12-14-43-15-13-38)37-31(26)39(30)22-5-6-23-19(17-22)3-7-25(23)36-32(42)20-4-9-27(41)21(16-20)18-40/h1-2,4-6,8-11,16-18,25,41H,3,7,12-15H2,(H2,33,34)(H,36,42)/t25-/m0/s1. The van der Waals surface area contributed by atoms with E-state index in [1.165, 1.54) is 18.2 Å². The van der Waals surface area contributed by atoms with Gasteiger partial charge in [-0.1, -0.05) is 6.07 Å². The van der Waals surface area contributed by atoms with E-state index in [4.69, 9.17) is 20.4 Å². The normalized spacial score (nSPS) is 16.3. The summed E-state index contributed by atoms with van der Waals surface area (Å²) in [7, 11) is 0. The van der Waals surface area contributed by atoms with E-state index >= 15 is 0 Å². The fourth-order valence-corrected chi connectivity index (χ4v) is 5.87. The number of aldehydes is 1. The Morgan fingerprint density at radius 1 is 1.07 bits per heavy atom. The number of phenols is 1. The number of rotatable bonds is 6. The molecule has 1 aliphatic carbocycles. The fourth-order valence-electron chi connectivity index (χ4n) is 5.87. The number of hydrogen-bond acceptors (Lipinski definition) is 9. The lowest BCUT2D eigenvalue weighted by molar-refractivity contribution is 0.0936. The number of phenolic OH excluding ortho intramolecular Hbond substituents is 1. The van der Waals surface area contributed by atoms with Crippen LogP contribution in [0.2, 0.25) is 0 Å². The number of nitrogens with two attached hydrogens (primary N) is 1. The lowest BCUT2D eigenvalue weighted by Crippen LogP contribution is -2.36. The Labute approximate surface area is 247 Å². The summed E-state index contributed by atoms with van der Waals surface area (Å²) in [5, 5.41) is 12.9. The fraction of sp³-hybridized carbons (Fsp3) is 0.219. The molecule has 1 atom stereocenters. The molecule has 4 N–H and O–H groups in total. The first-order valence-electron chi connectivity index (χ1n) is 14.2. The van der Waals surface area contributed by atoms with Gasteiger partial charge in [0.05, 0.1) is 30.4 Å². The Morgan fingerprint density at radius 3 is 2.74 bits per heavy atom. The predicted octanol–water partition coefficient (Wildman–Crippen LogP) is 3.84. The molecule has 2 aliphatic rings. The number of amides is 1. The van der Waals surface area contributed by atoms with Crippen LogP contribution in [0.4, 0.5) is 11.6 Å². The van der Waals surface area contributed by atoms with Crippen LogP contribution in [-0.2, 0) is 11.2 Å². The second-order valence-electron chi connectivity index (χ2n) is 10.7. The van der Waals surface area contributed by atoms with E-state index in [2.05, 4.69) is 21.3 Å². The van der Waals surface area contributed by atoms with Gasteiger partial charge in [0.2, 0.25) is 0 Å². The third-order valence-electron chi connectivity index (χ3n) is 8.09. The van der Waals surface area contributed by atoms with Crippen molar-refractivity contribution in [2.24, 2.45) is 0 Å². The smallest absolute Gasteiger partial charge is 0.251 e. The number of hydrogen-bond donors (Lipinski definition) is 3. The van der Waals surface area contributed by atoms with Gasteiger partial charge >= 0.3 is 0 Å². The van der Waals surface area contributed by atoms with Crippen LogP contribution >= 0.6 is 0 Å². The van der Waals surface area contributed by atoms with Gasteiger partial charge < -0.3 is 25.8 Å². The number of ether oxygens (including phenoxy) is 1. The number of anilines is 2. The summed E-state index contributed by atoms with van der Waals surface area (Å²) in [4.78, 5) is 40.8. The molecule has 3 aromatic heterocycles. The summed E-state index contributed by atoms with van der Waals surface area (Å²) in [6.07, 6.45) is 3.69. The van der Waals surface area contributed by atoms with E-state index in [0.29, 0.717) is 47.9 Å². The Bertz CT molecular complexity index is 1880. The van der Waals surface area contributed by atoms with E-state index in [1.54, 1.807) is 6.20 Å². The highest BCUT2D eigenvalue weighted by Gasteiger charge is 2.27. The molecule has 7 rings (SSSR count). The summed E-state index contributed by atoms with van der Waals surface area (Å²) < 4.78 is 7.56. The first-order valence-corrected chi connectivity index (χ1v) is 14.2. The Balaban J connectivity index is 1.27. The number of aromatic nitrogens is 4. The van der Waals surface area contributed by atoms with Crippen molar-refractivity contribution in [3.8, 4) is 22.8 Å². The molecule has 1 fully saturated rings. The number of morpholine rings is 1. The monoisotopic (exact) mass is 575 g/mol. The summed E-state index contributed by atoms with van der Waals surface area (Å²) >= 11 is 0. The minimum Gasteiger partial charge on any atom is -0.507 e. The third-order valence-corrected chi connectivity index (χ3v) is 8.09. The number of pyridine rings is 2. The summed E-state index contributed by atoms with van der Waals surface area (Å²) in [6.45, 7) is 2.84. The van der Waals surface area contributed by atoms with Gasteiger partial charge in [-0.2, -0.15) is 0 Å². The molecule has 1 aliphatic heterocycles. The average Bonchev–Trinajstić information content (AvgIpc) is 3.62. The number of nitrogens with one attached hydrogen (secondary N) is 1. The van der Waals surface area contributed by atoms with Gasteiger partial charge in [0, 0.05) is 30.5 Å². The topological polar surface area (TPSA) is 148 Å². The largest absolute Gasteiger partial charge is 0.507 e. The molecule has 1 amide bonds. The Hall–Kier alpha value is -5.29. The van der Waals surface area contributed by atoms with Gasteiger partial charge in [-0.15, -0.1) is 0 Å². The lowest BCUT2D eigenvalue weighted by Gasteiger charge is -2.27. The number of aryl methyl sites for hydroxylation is 1. The van der Waals surface area contributed by atoms with Crippen molar-refractivity contribution >= 4 is 35.0 Å². The number of fused-ring (bicyclic) bond motifs is 2. The Kier molecular flexibility index (Phi) is 6.71. The maximum Gasteiger partial charge on any atom is 0.251 e. The van der Waals surface area contributed by atoms with Gasteiger partial charge in [0.1, 0.15) is 22.9 Å². The van der Waals surface area contributed by atoms with Crippen LogP contribution in [-0.4, -0.2) is 63.1 Å². The SMILES string of the molecule is Nc1ncccc1-c1nc2ccc(N3CCOCC3)nc2n1-c1ccc2c(c1)CC[C@@H]2NC(=O)c1ccc(O)c(C=O)c1. The predicted molar refractivity (Wildman–Crippen MR) is 162 cm³/mol. The van der Waals surface area contributed by atoms with Crippen molar-refractivity contribution in [3.05, 3.63) is 89.1 Å². The summed E-state index contributed by atoms with van der Waals surface area (Å²) in [5.74, 6) is 1.42. The molecule has 0 saturated carbocycles. The molecule has 5 aromatic rings. The summed E-state index contributed by atoms with van der Waals surface area (Å²) in [6, 6.07) is 17.9. The number of aromatic hydroxyl groups is 1. The zero-order valence-corrected chi connectivity index (χ0v) is 23.2. The quantitative estimate of drug-likeness (QED) is 0.257. The molecule has 216 valence electrons. The molecule has 4 heterocycles. The van der Waals surface area contributed by atoms with Crippen LogP contribution in [0.3, 0.4) is 0 Å². The third kappa shape index (κ3) is 4.83. The molecular formula is C32H29N7O4. The van der Waals surface area contributed by atoms with Gasteiger partial charge in [-0.3, -0.25) is 14.2 Å². The van der Waals surface area contributed by atoms with Crippen molar-refractivity contribution in [1.82, 2.24) is 24.8 Å². The van der Waals surface area contributed by atoms with E-state index in [0.717, 1.165) is 54.1 Å². The minimum absolute atomic E-state index is 0.0760. The van der Waals surface area contributed by atoms with Crippen LogP contribution < -0.4 is 16.0 Å². The van der Waals surface area contributed by atoms with Crippen LogP contribution in [0.1, 0.15) is 44.3 Å².